The lowest BCUT2D eigenvalue weighted by Crippen LogP contribution is -2.41. The molecule has 1 aromatic carbocycles. The van der Waals surface area contributed by atoms with Crippen LogP contribution in [0.2, 0.25) is 5.02 Å². The van der Waals surface area contributed by atoms with Crippen molar-refractivity contribution in [1.29, 1.82) is 0 Å². The molecule has 27 heavy (non-hydrogen) atoms. The van der Waals surface area contributed by atoms with Crippen molar-refractivity contribution in [2.75, 3.05) is 6.61 Å². The number of hydrogen-bond donors (Lipinski definition) is 0. The summed E-state index contributed by atoms with van der Waals surface area (Å²) >= 11 is 6.19. The highest BCUT2D eigenvalue weighted by Crippen LogP contribution is 2.41. The van der Waals surface area contributed by atoms with Gasteiger partial charge in [-0.25, -0.2) is 8.78 Å². The highest BCUT2D eigenvalue weighted by atomic mass is 35.5. The molecule has 1 fully saturated rings. The maximum atomic E-state index is 15.5. The summed E-state index contributed by atoms with van der Waals surface area (Å²) < 4.78 is 47.3. The van der Waals surface area contributed by atoms with Crippen LogP contribution in [-0.4, -0.2) is 30.5 Å². The monoisotopic (exact) mass is 400 g/mol. The van der Waals surface area contributed by atoms with Crippen LogP contribution in [0.25, 0.3) is 5.57 Å². The van der Waals surface area contributed by atoms with E-state index in [2.05, 4.69) is 0 Å². The van der Waals surface area contributed by atoms with Gasteiger partial charge in [0.05, 0.1) is 28.4 Å². The molecular formula is C20H28BClF2O3. The van der Waals surface area contributed by atoms with E-state index in [-0.39, 0.29) is 29.2 Å². The van der Waals surface area contributed by atoms with Gasteiger partial charge in [0.1, 0.15) is 11.5 Å². The van der Waals surface area contributed by atoms with Crippen LogP contribution >= 0.6 is 11.6 Å². The van der Waals surface area contributed by atoms with E-state index < -0.39 is 35.5 Å². The standard InChI is InChI=1S/C20H28BClF2O3/c1-18(2,3)25-12-11-13(16-14(22)9-8-10-15(16)23)17(24)21-26-19(4,5)20(6,7)27-21/h8-10H,11-12H2,1-7H3. The number of halogens is 3. The van der Waals surface area contributed by atoms with Gasteiger partial charge in [-0.15, -0.1) is 0 Å². The molecule has 150 valence electrons. The number of rotatable bonds is 5. The zero-order valence-electron chi connectivity index (χ0n) is 17.1. The second-order valence-electron chi connectivity index (χ2n) is 8.72. The van der Waals surface area contributed by atoms with Crippen molar-refractivity contribution in [1.82, 2.24) is 0 Å². The van der Waals surface area contributed by atoms with Crippen molar-refractivity contribution in [2.24, 2.45) is 0 Å². The third-order valence-electron chi connectivity index (χ3n) is 4.90. The van der Waals surface area contributed by atoms with Gasteiger partial charge in [-0.2, -0.15) is 0 Å². The Hall–Kier alpha value is -0.945. The molecule has 2 rings (SSSR count). The summed E-state index contributed by atoms with van der Waals surface area (Å²) in [4.78, 5) is 0. The number of hydrogen-bond acceptors (Lipinski definition) is 3. The van der Waals surface area contributed by atoms with Gasteiger partial charge < -0.3 is 14.0 Å². The van der Waals surface area contributed by atoms with E-state index in [1.54, 1.807) is 0 Å². The van der Waals surface area contributed by atoms with Crippen molar-refractivity contribution in [3.05, 3.63) is 40.3 Å². The predicted molar refractivity (Wildman–Crippen MR) is 106 cm³/mol. The lowest BCUT2D eigenvalue weighted by molar-refractivity contribution is 0.000554. The quantitative estimate of drug-likeness (QED) is 0.568. The fourth-order valence-electron chi connectivity index (χ4n) is 2.70. The van der Waals surface area contributed by atoms with Crippen LogP contribution in [0.3, 0.4) is 0 Å². The average molecular weight is 401 g/mol. The highest BCUT2D eigenvalue weighted by molar-refractivity contribution is 6.55. The average Bonchev–Trinajstić information content (AvgIpc) is 2.72. The molecule has 3 nitrogen and oxygen atoms in total. The summed E-state index contributed by atoms with van der Waals surface area (Å²) in [5, 5.41) is 0.132. The minimum atomic E-state index is -1.23. The van der Waals surface area contributed by atoms with Crippen LogP contribution in [0.15, 0.2) is 23.9 Å². The van der Waals surface area contributed by atoms with Crippen LogP contribution in [0.4, 0.5) is 8.78 Å². The SMILES string of the molecule is CC(C)(C)OCCC(=C(F)B1OC(C)(C)C(C)(C)O1)c1c(F)cccc1Cl. The van der Waals surface area contributed by atoms with Crippen molar-refractivity contribution in [3.8, 4) is 0 Å². The Morgan fingerprint density at radius 3 is 2.19 bits per heavy atom. The van der Waals surface area contributed by atoms with E-state index in [4.69, 9.17) is 25.6 Å². The number of ether oxygens (including phenoxy) is 1. The van der Waals surface area contributed by atoms with Gasteiger partial charge in [0.2, 0.25) is 0 Å². The summed E-state index contributed by atoms with van der Waals surface area (Å²) in [5.41, 5.74) is -2.38. The fourth-order valence-corrected chi connectivity index (χ4v) is 2.98. The van der Waals surface area contributed by atoms with Gasteiger partial charge >= 0.3 is 7.12 Å². The fraction of sp³-hybridized carbons (Fsp3) is 0.600. The van der Waals surface area contributed by atoms with Crippen molar-refractivity contribution >= 4 is 24.3 Å². The molecule has 0 N–H and O–H groups in total. The van der Waals surface area contributed by atoms with Gasteiger partial charge in [-0.3, -0.25) is 0 Å². The molecule has 1 heterocycles. The lowest BCUT2D eigenvalue weighted by Gasteiger charge is -2.32. The first-order chi connectivity index (χ1) is 12.3. The molecule has 1 aliphatic rings. The second-order valence-corrected chi connectivity index (χ2v) is 9.13. The predicted octanol–water partition coefficient (Wildman–Crippen LogP) is 6.00. The maximum absolute atomic E-state index is 15.5. The van der Waals surface area contributed by atoms with Gasteiger partial charge in [0, 0.05) is 5.56 Å². The summed E-state index contributed by atoms with van der Waals surface area (Å²) in [6, 6.07) is 4.27. The minimum absolute atomic E-state index is 0.0175. The molecule has 0 aromatic heterocycles. The van der Waals surface area contributed by atoms with Gasteiger partial charge in [0.25, 0.3) is 0 Å². The molecule has 0 unspecified atom stereocenters. The molecule has 0 radical (unpaired) electrons. The normalized spacial score (nSPS) is 20.0. The zero-order valence-corrected chi connectivity index (χ0v) is 17.8. The first-order valence-corrected chi connectivity index (χ1v) is 9.45. The first-order valence-electron chi connectivity index (χ1n) is 9.08. The Balaban J connectivity index is 2.44. The topological polar surface area (TPSA) is 27.7 Å². The van der Waals surface area contributed by atoms with E-state index in [0.717, 1.165) is 0 Å². The minimum Gasteiger partial charge on any atom is -0.398 e. The summed E-state index contributed by atoms with van der Waals surface area (Å²) in [5.74, 6) is -0.597. The van der Waals surface area contributed by atoms with E-state index >= 15 is 4.39 Å². The van der Waals surface area contributed by atoms with Crippen molar-refractivity contribution < 1.29 is 22.8 Å². The van der Waals surface area contributed by atoms with Gasteiger partial charge in [0.15, 0.2) is 0 Å². The molecule has 1 aliphatic heterocycles. The van der Waals surface area contributed by atoms with E-state index in [0.29, 0.717) is 0 Å². The van der Waals surface area contributed by atoms with Crippen LogP contribution in [0.1, 0.15) is 60.5 Å². The van der Waals surface area contributed by atoms with Crippen LogP contribution in [0, 0.1) is 5.82 Å². The van der Waals surface area contributed by atoms with E-state index in [1.807, 2.05) is 48.5 Å². The first kappa shape index (κ1) is 22.3. The maximum Gasteiger partial charge on any atom is 0.525 e. The third kappa shape index (κ3) is 5.11. The summed E-state index contributed by atoms with van der Waals surface area (Å²) in [6.45, 7) is 13.2. The smallest absolute Gasteiger partial charge is 0.398 e. The lowest BCUT2D eigenvalue weighted by atomic mass is 9.81. The van der Waals surface area contributed by atoms with Gasteiger partial charge in [-0.1, -0.05) is 17.7 Å². The van der Waals surface area contributed by atoms with Gasteiger partial charge in [-0.05, 0) is 72.6 Å². The Labute approximate surface area is 166 Å². The molecule has 1 aromatic rings. The second kappa shape index (κ2) is 7.82. The molecule has 0 atom stereocenters. The molecule has 1 saturated heterocycles. The molecule has 0 amide bonds. The molecule has 0 aliphatic carbocycles. The Kier molecular flexibility index (Phi) is 6.47. The molecule has 0 bridgehead atoms. The van der Waals surface area contributed by atoms with E-state index in [9.17, 15) is 4.39 Å². The molecular weight excluding hydrogens is 372 g/mol. The van der Waals surface area contributed by atoms with Crippen molar-refractivity contribution in [3.63, 3.8) is 0 Å². The Bertz CT molecular complexity index is 690. The van der Waals surface area contributed by atoms with Crippen LogP contribution in [0.5, 0.6) is 0 Å². The molecule has 0 saturated carbocycles. The summed E-state index contributed by atoms with van der Waals surface area (Å²) in [6.07, 6.45) is 0.133. The van der Waals surface area contributed by atoms with Crippen molar-refractivity contribution in [2.45, 2.75) is 71.7 Å². The number of benzene rings is 1. The highest BCUT2D eigenvalue weighted by Gasteiger charge is 2.53. The Morgan fingerprint density at radius 2 is 1.70 bits per heavy atom. The van der Waals surface area contributed by atoms with E-state index in [1.165, 1.54) is 18.2 Å². The zero-order chi connectivity index (χ0) is 20.6. The van der Waals surface area contributed by atoms with Crippen LogP contribution < -0.4 is 0 Å². The Morgan fingerprint density at radius 1 is 1.15 bits per heavy atom. The molecule has 7 heteroatoms. The molecule has 0 spiro atoms. The summed E-state index contributed by atoms with van der Waals surface area (Å²) in [7, 11) is -1.23. The largest absolute Gasteiger partial charge is 0.525 e. The third-order valence-corrected chi connectivity index (χ3v) is 5.22. The van der Waals surface area contributed by atoms with Crippen LogP contribution in [-0.2, 0) is 14.0 Å².